The molecule has 0 aliphatic heterocycles. The summed E-state index contributed by atoms with van der Waals surface area (Å²) in [5.74, 6) is -1.22. The molecule has 9 heteroatoms. The van der Waals surface area contributed by atoms with E-state index in [0.717, 1.165) is 32.8 Å². The Labute approximate surface area is 200 Å². The number of benzene rings is 3. The van der Waals surface area contributed by atoms with Gasteiger partial charge in [0.1, 0.15) is 5.82 Å². The minimum atomic E-state index is -3.73. The fourth-order valence-electron chi connectivity index (χ4n) is 3.28. The highest BCUT2D eigenvalue weighted by Crippen LogP contribution is 2.32. The van der Waals surface area contributed by atoms with Crippen molar-refractivity contribution >= 4 is 54.2 Å². The van der Waals surface area contributed by atoms with Gasteiger partial charge in [0.2, 0.25) is 5.91 Å². The Morgan fingerprint density at radius 2 is 1.79 bits per heavy atom. The van der Waals surface area contributed by atoms with Gasteiger partial charge in [-0.3, -0.25) is 9.69 Å². The number of halogens is 1. The van der Waals surface area contributed by atoms with Crippen LogP contribution in [0.15, 0.2) is 82.6 Å². The van der Waals surface area contributed by atoms with Gasteiger partial charge in [-0.05, 0) is 54.3 Å². The number of rotatable bonds is 8. The SMILES string of the molecule is CSc1ccc2nc(N(Cc3ccccc3)C(=O)CCS(=O)(=O)c3ccc(F)cc3)sc2c1. The third kappa shape index (κ3) is 5.61. The number of thiazole rings is 1. The minimum absolute atomic E-state index is 0.00380. The number of hydrogen-bond donors (Lipinski definition) is 0. The fraction of sp³-hybridized carbons (Fsp3) is 0.167. The molecule has 0 fully saturated rings. The zero-order valence-electron chi connectivity index (χ0n) is 17.8. The molecule has 5 nitrogen and oxygen atoms in total. The predicted molar refractivity (Wildman–Crippen MR) is 132 cm³/mol. The molecule has 0 atom stereocenters. The summed E-state index contributed by atoms with van der Waals surface area (Å²) < 4.78 is 39.5. The molecule has 0 radical (unpaired) electrons. The number of carbonyl (C=O) groups excluding carboxylic acids is 1. The maximum Gasteiger partial charge on any atom is 0.230 e. The quantitative estimate of drug-likeness (QED) is 0.234. The van der Waals surface area contributed by atoms with Crippen molar-refractivity contribution in [3.8, 4) is 0 Å². The molecule has 0 N–H and O–H groups in total. The van der Waals surface area contributed by atoms with Crippen LogP contribution in [-0.2, 0) is 21.2 Å². The van der Waals surface area contributed by atoms with Crippen molar-refractivity contribution in [2.45, 2.75) is 22.8 Å². The summed E-state index contributed by atoms with van der Waals surface area (Å²) in [6.07, 6.45) is 1.79. The van der Waals surface area contributed by atoms with Crippen LogP contribution in [-0.4, -0.2) is 31.3 Å². The predicted octanol–water partition coefficient (Wildman–Crippen LogP) is 5.55. The number of nitrogens with zero attached hydrogens (tertiary/aromatic N) is 2. The first-order chi connectivity index (χ1) is 15.9. The van der Waals surface area contributed by atoms with Crippen molar-refractivity contribution in [2.75, 3.05) is 16.9 Å². The lowest BCUT2D eigenvalue weighted by Gasteiger charge is -2.20. The standard InChI is InChI=1S/C24H21FN2O3S3/c1-31-19-9-12-21-22(15-19)32-24(26-21)27(16-17-5-3-2-4-6-17)23(28)13-14-33(29,30)20-10-7-18(25)8-11-20/h2-12,15H,13-14,16H2,1H3. The van der Waals surface area contributed by atoms with Crippen LogP contribution in [0.2, 0.25) is 0 Å². The molecular formula is C24H21FN2O3S3. The van der Waals surface area contributed by atoms with Gasteiger partial charge in [0, 0.05) is 11.3 Å². The second kappa shape index (κ2) is 10.0. The van der Waals surface area contributed by atoms with Crippen LogP contribution in [0.4, 0.5) is 9.52 Å². The average Bonchev–Trinajstić information content (AvgIpc) is 3.25. The Bertz CT molecular complexity index is 1370. The van der Waals surface area contributed by atoms with E-state index in [1.165, 1.54) is 23.5 Å². The first-order valence-corrected chi connectivity index (χ1v) is 13.8. The second-order valence-electron chi connectivity index (χ2n) is 7.32. The topological polar surface area (TPSA) is 67.3 Å². The van der Waals surface area contributed by atoms with Crippen molar-refractivity contribution in [1.82, 2.24) is 4.98 Å². The summed E-state index contributed by atoms with van der Waals surface area (Å²) in [5.41, 5.74) is 1.70. The summed E-state index contributed by atoms with van der Waals surface area (Å²) in [5, 5.41) is 0.524. The van der Waals surface area contributed by atoms with E-state index in [-0.39, 0.29) is 29.5 Å². The van der Waals surface area contributed by atoms with Gasteiger partial charge in [0.15, 0.2) is 15.0 Å². The van der Waals surface area contributed by atoms with E-state index in [1.54, 1.807) is 16.7 Å². The fourth-order valence-corrected chi connectivity index (χ4v) is 6.05. The van der Waals surface area contributed by atoms with Crippen LogP contribution in [0.3, 0.4) is 0 Å². The number of aromatic nitrogens is 1. The molecule has 0 aliphatic rings. The summed E-state index contributed by atoms with van der Waals surface area (Å²) in [4.78, 5) is 20.5. The van der Waals surface area contributed by atoms with Crippen LogP contribution in [0.1, 0.15) is 12.0 Å². The molecule has 4 rings (SSSR count). The van der Waals surface area contributed by atoms with Crippen molar-refractivity contribution in [3.63, 3.8) is 0 Å². The summed E-state index contributed by atoms with van der Waals surface area (Å²) in [6.45, 7) is 0.283. The van der Waals surface area contributed by atoms with Gasteiger partial charge < -0.3 is 0 Å². The van der Waals surface area contributed by atoms with Gasteiger partial charge in [-0.2, -0.15) is 0 Å². The Balaban J connectivity index is 1.60. The maximum atomic E-state index is 13.2. The lowest BCUT2D eigenvalue weighted by atomic mass is 10.2. The third-order valence-corrected chi connectivity index (χ3v) is 8.56. The van der Waals surface area contributed by atoms with Gasteiger partial charge >= 0.3 is 0 Å². The van der Waals surface area contributed by atoms with Gasteiger partial charge in [-0.1, -0.05) is 41.7 Å². The molecule has 0 aliphatic carbocycles. The van der Waals surface area contributed by atoms with Gasteiger partial charge in [-0.25, -0.2) is 17.8 Å². The van der Waals surface area contributed by atoms with Crippen LogP contribution in [0.5, 0.6) is 0 Å². The highest BCUT2D eigenvalue weighted by Gasteiger charge is 2.23. The maximum absolute atomic E-state index is 13.2. The molecule has 0 spiro atoms. The van der Waals surface area contributed by atoms with Crippen molar-refractivity contribution in [3.05, 3.63) is 84.2 Å². The largest absolute Gasteiger partial charge is 0.284 e. The Kier molecular flexibility index (Phi) is 7.11. The van der Waals surface area contributed by atoms with Crippen LogP contribution in [0, 0.1) is 5.82 Å². The van der Waals surface area contributed by atoms with Crippen molar-refractivity contribution in [1.29, 1.82) is 0 Å². The summed E-state index contributed by atoms with van der Waals surface area (Å²) >= 11 is 3.03. The van der Waals surface area contributed by atoms with E-state index in [0.29, 0.717) is 5.13 Å². The van der Waals surface area contributed by atoms with E-state index in [2.05, 4.69) is 4.98 Å². The normalized spacial score (nSPS) is 11.6. The minimum Gasteiger partial charge on any atom is -0.284 e. The Hall–Kier alpha value is -2.75. The van der Waals surface area contributed by atoms with Gasteiger partial charge in [0.05, 0.1) is 27.4 Å². The number of fused-ring (bicyclic) bond motifs is 1. The molecular weight excluding hydrogens is 479 g/mol. The highest BCUT2D eigenvalue weighted by molar-refractivity contribution is 7.98. The number of sulfone groups is 1. The lowest BCUT2D eigenvalue weighted by molar-refractivity contribution is -0.118. The molecule has 1 amide bonds. The van der Waals surface area contributed by atoms with E-state index >= 15 is 0 Å². The van der Waals surface area contributed by atoms with E-state index in [9.17, 15) is 17.6 Å². The smallest absolute Gasteiger partial charge is 0.230 e. The van der Waals surface area contributed by atoms with Crippen molar-refractivity contribution < 1.29 is 17.6 Å². The van der Waals surface area contributed by atoms with Crippen LogP contribution in [0.25, 0.3) is 10.2 Å². The average molecular weight is 501 g/mol. The number of carbonyl (C=O) groups is 1. The van der Waals surface area contributed by atoms with Crippen LogP contribution >= 0.6 is 23.1 Å². The molecule has 170 valence electrons. The molecule has 0 saturated carbocycles. The molecule has 0 bridgehead atoms. The first kappa shape index (κ1) is 23.4. The molecule has 1 aromatic heterocycles. The van der Waals surface area contributed by atoms with E-state index in [4.69, 9.17) is 0 Å². The number of thioether (sulfide) groups is 1. The van der Waals surface area contributed by atoms with Gasteiger partial charge in [0.25, 0.3) is 0 Å². The first-order valence-electron chi connectivity index (χ1n) is 10.1. The molecule has 0 unspecified atom stereocenters. The number of amides is 1. The zero-order chi connectivity index (χ0) is 23.4. The molecule has 1 heterocycles. The lowest BCUT2D eigenvalue weighted by Crippen LogP contribution is -2.31. The van der Waals surface area contributed by atoms with E-state index in [1.807, 2.05) is 54.8 Å². The third-order valence-electron chi connectivity index (χ3n) is 5.06. The highest BCUT2D eigenvalue weighted by atomic mass is 32.2. The Morgan fingerprint density at radius 3 is 2.48 bits per heavy atom. The monoisotopic (exact) mass is 500 g/mol. The number of anilines is 1. The molecule has 3 aromatic carbocycles. The Morgan fingerprint density at radius 1 is 1.06 bits per heavy atom. The molecule has 4 aromatic rings. The number of hydrogen-bond acceptors (Lipinski definition) is 6. The van der Waals surface area contributed by atoms with E-state index < -0.39 is 15.7 Å². The zero-order valence-corrected chi connectivity index (χ0v) is 20.2. The molecule has 0 saturated heterocycles. The second-order valence-corrected chi connectivity index (χ2v) is 11.3. The van der Waals surface area contributed by atoms with Gasteiger partial charge in [-0.15, -0.1) is 11.8 Å². The van der Waals surface area contributed by atoms with Crippen LogP contribution < -0.4 is 4.90 Å². The summed E-state index contributed by atoms with van der Waals surface area (Å²) in [6, 6.07) is 20.1. The summed E-state index contributed by atoms with van der Waals surface area (Å²) in [7, 11) is -3.73. The molecule has 33 heavy (non-hydrogen) atoms. The van der Waals surface area contributed by atoms with Crippen molar-refractivity contribution in [2.24, 2.45) is 0 Å².